The zero-order valence-corrected chi connectivity index (χ0v) is 11.0. The lowest BCUT2D eigenvalue weighted by Gasteiger charge is -2.29. The molecule has 0 saturated heterocycles. The molecular formula is C13H12O8. The Morgan fingerprint density at radius 2 is 1.76 bits per heavy atom. The molecule has 1 rings (SSSR count). The fraction of sp³-hybridized carbons (Fsp3) is 0.231. The van der Waals surface area contributed by atoms with Gasteiger partial charge in [-0.3, -0.25) is 0 Å². The van der Waals surface area contributed by atoms with E-state index in [-0.39, 0.29) is 5.57 Å². The average Bonchev–Trinajstić information content (AvgIpc) is 2.37. The summed E-state index contributed by atoms with van der Waals surface area (Å²) in [5.41, 5.74) is -3.58. The second kappa shape index (κ2) is 5.61. The van der Waals surface area contributed by atoms with Crippen molar-refractivity contribution in [1.82, 2.24) is 0 Å². The molecule has 1 atom stereocenters. The van der Waals surface area contributed by atoms with E-state index in [1.165, 1.54) is 6.92 Å². The first-order valence-corrected chi connectivity index (χ1v) is 5.62. The van der Waals surface area contributed by atoms with Crippen molar-refractivity contribution in [2.24, 2.45) is 0 Å². The molecule has 1 unspecified atom stereocenters. The quantitative estimate of drug-likeness (QED) is 0.488. The van der Waals surface area contributed by atoms with Crippen LogP contribution >= 0.6 is 0 Å². The normalized spacial score (nSPS) is 20.8. The lowest BCUT2D eigenvalue weighted by atomic mass is 9.85. The molecule has 0 saturated carbocycles. The van der Waals surface area contributed by atoms with E-state index >= 15 is 0 Å². The molecule has 0 fully saturated rings. The minimum absolute atomic E-state index is 0.0751. The van der Waals surface area contributed by atoms with Crippen molar-refractivity contribution in [3.63, 3.8) is 0 Å². The Labute approximate surface area is 118 Å². The van der Waals surface area contributed by atoms with Gasteiger partial charge in [-0.25, -0.2) is 19.2 Å². The van der Waals surface area contributed by atoms with Gasteiger partial charge >= 0.3 is 23.9 Å². The average molecular weight is 296 g/mol. The summed E-state index contributed by atoms with van der Waals surface area (Å²) in [6, 6.07) is 0. The van der Waals surface area contributed by atoms with Gasteiger partial charge in [-0.05, 0) is 19.1 Å². The number of carbonyl (C=O) groups is 4. The van der Waals surface area contributed by atoms with Crippen LogP contribution in [-0.4, -0.2) is 44.8 Å². The molecule has 1 aliphatic carbocycles. The van der Waals surface area contributed by atoms with E-state index in [0.717, 1.165) is 12.2 Å². The maximum atomic E-state index is 11.5. The van der Waals surface area contributed by atoms with Crippen molar-refractivity contribution in [1.29, 1.82) is 0 Å². The Kier molecular flexibility index (Phi) is 4.32. The predicted molar refractivity (Wildman–Crippen MR) is 67.3 cm³/mol. The van der Waals surface area contributed by atoms with Crippen molar-refractivity contribution < 1.29 is 39.2 Å². The van der Waals surface area contributed by atoms with Gasteiger partial charge in [0.15, 0.2) is 0 Å². The number of carbonyl (C=O) groups excluding carboxylic acids is 1. The molecule has 0 amide bonds. The zero-order chi connectivity index (χ0) is 16.4. The van der Waals surface area contributed by atoms with Gasteiger partial charge in [-0.1, -0.05) is 6.58 Å². The molecule has 1 aliphatic rings. The number of carboxylic acids is 3. The number of rotatable bonds is 5. The highest BCUT2D eigenvalue weighted by Crippen LogP contribution is 2.32. The van der Waals surface area contributed by atoms with E-state index in [2.05, 4.69) is 6.58 Å². The van der Waals surface area contributed by atoms with Gasteiger partial charge in [0.05, 0.1) is 11.1 Å². The summed E-state index contributed by atoms with van der Waals surface area (Å²) < 4.78 is 4.80. The number of esters is 1. The third-order valence-corrected chi connectivity index (χ3v) is 2.76. The van der Waals surface area contributed by atoms with Gasteiger partial charge in [-0.15, -0.1) is 0 Å². The van der Waals surface area contributed by atoms with Crippen molar-refractivity contribution in [2.75, 3.05) is 0 Å². The summed E-state index contributed by atoms with van der Waals surface area (Å²) in [6.07, 6.45) is 0.843. The van der Waals surface area contributed by atoms with Crippen LogP contribution in [0.15, 0.2) is 35.5 Å². The summed E-state index contributed by atoms with van der Waals surface area (Å²) in [5.74, 6) is -5.76. The lowest BCUT2D eigenvalue weighted by molar-refractivity contribution is -0.170. The molecule has 0 aromatic heterocycles. The Morgan fingerprint density at radius 3 is 2.14 bits per heavy atom. The van der Waals surface area contributed by atoms with Crippen molar-refractivity contribution >= 4 is 23.9 Å². The fourth-order valence-electron chi connectivity index (χ4n) is 1.64. The molecule has 0 aliphatic heterocycles. The summed E-state index contributed by atoms with van der Waals surface area (Å²) in [7, 11) is 0. The molecule has 112 valence electrons. The Balaban J connectivity index is 3.30. The van der Waals surface area contributed by atoms with Gasteiger partial charge in [0.2, 0.25) is 5.60 Å². The Morgan fingerprint density at radius 1 is 1.19 bits per heavy atom. The van der Waals surface area contributed by atoms with Crippen LogP contribution in [0.5, 0.6) is 0 Å². The monoisotopic (exact) mass is 296 g/mol. The minimum Gasteiger partial charge on any atom is -0.478 e. The van der Waals surface area contributed by atoms with E-state index in [1.54, 1.807) is 0 Å². The number of hydrogen-bond donors (Lipinski definition) is 3. The molecule has 8 heteroatoms. The standard InChI is InChI=1S/C13H12O8/c1-6(2)11(18)21-13(12(19)20)4-3-7(9(14)15)8(5-13)10(16)17/h3-4H,1,5H2,2H3,(H,14,15)(H,16,17)(H,19,20). The molecule has 0 spiro atoms. The van der Waals surface area contributed by atoms with Crippen molar-refractivity contribution in [3.05, 3.63) is 35.5 Å². The third kappa shape index (κ3) is 3.16. The van der Waals surface area contributed by atoms with Crippen LogP contribution in [0.1, 0.15) is 13.3 Å². The van der Waals surface area contributed by atoms with Crippen molar-refractivity contribution in [3.8, 4) is 0 Å². The number of hydrogen-bond acceptors (Lipinski definition) is 5. The van der Waals surface area contributed by atoms with E-state index in [9.17, 15) is 24.3 Å². The van der Waals surface area contributed by atoms with Gasteiger partial charge in [0.1, 0.15) is 0 Å². The summed E-state index contributed by atoms with van der Waals surface area (Å²) in [4.78, 5) is 44.9. The van der Waals surface area contributed by atoms with Crippen LogP contribution in [-0.2, 0) is 23.9 Å². The van der Waals surface area contributed by atoms with Crippen LogP contribution < -0.4 is 0 Å². The van der Waals surface area contributed by atoms with E-state index in [0.29, 0.717) is 0 Å². The molecule has 0 heterocycles. The van der Waals surface area contributed by atoms with Gasteiger partial charge in [-0.2, -0.15) is 0 Å². The molecule has 8 nitrogen and oxygen atoms in total. The van der Waals surface area contributed by atoms with E-state index < -0.39 is 47.0 Å². The topological polar surface area (TPSA) is 138 Å². The highest BCUT2D eigenvalue weighted by molar-refractivity contribution is 6.03. The molecule has 3 N–H and O–H groups in total. The molecule has 0 aromatic carbocycles. The Bertz CT molecular complexity index is 610. The maximum Gasteiger partial charge on any atom is 0.352 e. The second-order valence-electron chi connectivity index (χ2n) is 4.38. The molecule has 0 bridgehead atoms. The van der Waals surface area contributed by atoms with Gasteiger partial charge < -0.3 is 20.1 Å². The van der Waals surface area contributed by atoms with Crippen LogP contribution in [0.25, 0.3) is 0 Å². The summed E-state index contributed by atoms with van der Waals surface area (Å²) in [6.45, 7) is 4.59. The maximum absolute atomic E-state index is 11.5. The van der Waals surface area contributed by atoms with E-state index in [1.807, 2.05) is 0 Å². The molecular weight excluding hydrogens is 284 g/mol. The number of ether oxygens (including phenoxy) is 1. The fourth-order valence-corrected chi connectivity index (χ4v) is 1.64. The molecule has 21 heavy (non-hydrogen) atoms. The van der Waals surface area contributed by atoms with Crippen LogP contribution in [0.4, 0.5) is 0 Å². The lowest BCUT2D eigenvalue weighted by Crippen LogP contribution is -2.44. The van der Waals surface area contributed by atoms with Crippen molar-refractivity contribution in [2.45, 2.75) is 18.9 Å². The second-order valence-corrected chi connectivity index (χ2v) is 4.38. The first-order chi connectivity index (χ1) is 9.60. The largest absolute Gasteiger partial charge is 0.478 e. The molecule has 0 aromatic rings. The number of aliphatic carboxylic acids is 3. The minimum atomic E-state index is -2.28. The zero-order valence-electron chi connectivity index (χ0n) is 11.0. The number of carboxylic acid groups (broad SMARTS) is 3. The van der Waals surface area contributed by atoms with Crippen LogP contribution in [0.3, 0.4) is 0 Å². The Hall–Kier alpha value is -2.90. The highest BCUT2D eigenvalue weighted by Gasteiger charge is 2.45. The predicted octanol–water partition coefficient (Wildman–Crippen LogP) is 0.355. The van der Waals surface area contributed by atoms with E-state index in [4.69, 9.17) is 14.9 Å². The first-order valence-electron chi connectivity index (χ1n) is 5.62. The van der Waals surface area contributed by atoms with Gasteiger partial charge in [0, 0.05) is 12.0 Å². The molecule has 0 radical (unpaired) electrons. The van der Waals surface area contributed by atoms with Crippen LogP contribution in [0, 0.1) is 0 Å². The summed E-state index contributed by atoms with van der Waals surface area (Å²) >= 11 is 0. The van der Waals surface area contributed by atoms with Gasteiger partial charge in [0.25, 0.3) is 0 Å². The smallest absolute Gasteiger partial charge is 0.352 e. The van der Waals surface area contributed by atoms with Crippen LogP contribution in [0.2, 0.25) is 0 Å². The third-order valence-electron chi connectivity index (χ3n) is 2.76. The summed E-state index contributed by atoms with van der Waals surface area (Å²) in [5, 5.41) is 27.1. The highest BCUT2D eigenvalue weighted by atomic mass is 16.6. The first kappa shape index (κ1) is 16.2. The SMILES string of the molecule is C=C(C)C(=O)OC1(C(=O)O)C=CC(C(=O)O)=C(C(=O)O)C1.